The third kappa shape index (κ3) is 4.69. The van der Waals surface area contributed by atoms with Gasteiger partial charge in [0.1, 0.15) is 11.7 Å². The summed E-state index contributed by atoms with van der Waals surface area (Å²) in [6.07, 6.45) is 0.139. The highest BCUT2D eigenvalue weighted by atomic mass is 19.4. The number of alkyl halides is 3. The number of hydrogen-bond acceptors (Lipinski definition) is 5. The molecule has 1 atom stereocenters. The van der Waals surface area contributed by atoms with E-state index in [0.717, 1.165) is 37.9 Å². The number of pyridine rings is 1. The lowest BCUT2D eigenvalue weighted by atomic mass is 9.73. The van der Waals surface area contributed by atoms with Gasteiger partial charge in [-0.05, 0) is 50.2 Å². The second kappa shape index (κ2) is 7.52. The molecule has 0 unspecified atom stereocenters. The van der Waals surface area contributed by atoms with Crippen molar-refractivity contribution in [2.75, 3.05) is 0 Å². The van der Waals surface area contributed by atoms with Crippen LogP contribution in [0.25, 0.3) is 11.4 Å². The molecule has 3 rings (SSSR count). The Balaban J connectivity index is 1.66. The summed E-state index contributed by atoms with van der Waals surface area (Å²) in [4.78, 5) is 19.9. The Kier molecular flexibility index (Phi) is 5.45. The molecule has 1 N–H and O–H groups in total. The molecule has 0 saturated heterocycles. The summed E-state index contributed by atoms with van der Waals surface area (Å²) in [5.74, 6) is 0.0479. The monoisotopic (exact) mass is 396 g/mol. The third-order valence-electron chi connectivity index (χ3n) is 5.19. The highest BCUT2D eigenvalue weighted by molar-refractivity contribution is 5.79. The highest BCUT2D eigenvalue weighted by Gasteiger charge is 2.33. The van der Waals surface area contributed by atoms with Crippen molar-refractivity contribution in [3.63, 3.8) is 0 Å². The third-order valence-corrected chi connectivity index (χ3v) is 5.19. The highest BCUT2D eigenvalue weighted by Crippen LogP contribution is 2.38. The lowest BCUT2D eigenvalue weighted by Crippen LogP contribution is -2.36. The predicted molar refractivity (Wildman–Crippen MR) is 94.8 cm³/mol. The maximum Gasteiger partial charge on any atom is 0.433 e. The van der Waals surface area contributed by atoms with Crippen LogP contribution in [0.5, 0.6) is 0 Å². The minimum Gasteiger partial charge on any atom is -0.344 e. The average molecular weight is 396 g/mol. The molecule has 1 aliphatic carbocycles. The van der Waals surface area contributed by atoms with Gasteiger partial charge in [0, 0.05) is 17.7 Å². The van der Waals surface area contributed by atoms with Crippen molar-refractivity contribution in [1.29, 1.82) is 0 Å². The van der Waals surface area contributed by atoms with Crippen LogP contribution >= 0.6 is 0 Å². The second-order valence-corrected chi connectivity index (χ2v) is 8.05. The summed E-state index contributed by atoms with van der Waals surface area (Å²) in [6.45, 7) is 6.11. The SMILES string of the molecule is C[C@H](NC(=O)C1CCC(C)(C)CC1)c1nc(-c2ccnc(C(F)(F)F)c2)no1. The van der Waals surface area contributed by atoms with E-state index in [0.29, 0.717) is 0 Å². The lowest BCUT2D eigenvalue weighted by molar-refractivity contribution is -0.141. The molecule has 0 spiro atoms. The number of carbonyl (C=O) groups excluding carboxylic acids is 1. The van der Waals surface area contributed by atoms with E-state index in [2.05, 4.69) is 34.3 Å². The van der Waals surface area contributed by atoms with Crippen LogP contribution in [0.15, 0.2) is 22.9 Å². The van der Waals surface area contributed by atoms with Crippen LogP contribution in [0.4, 0.5) is 13.2 Å². The minimum atomic E-state index is -4.56. The van der Waals surface area contributed by atoms with Gasteiger partial charge >= 0.3 is 6.18 Å². The van der Waals surface area contributed by atoms with Crippen molar-refractivity contribution < 1.29 is 22.5 Å². The fourth-order valence-electron chi connectivity index (χ4n) is 3.31. The van der Waals surface area contributed by atoms with Gasteiger partial charge in [0.25, 0.3) is 0 Å². The molecule has 2 aromatic heterocycles. The van der Waals surface area contributed by atoms with E-state index >= 15 is 0 Å². The zero-order valence-corrected chi connectivity index (χ0v) is 16.0. The van der Waals surface area contributed by atoms with Crippen molar-refractivity contribution in [2.45, 2.75) is 58.7 Å². The zero-order valence-electron chi connectivity index (χ0n) is 16.0. The summed E-state index contributed by atoms with van der Waals surface area (Å²) in [5.41, 5.74) is -0.618. The number of amides is 1. The van der Waals surface area contributed by atoms with Crippen molar-refractivity contribution in [3.05, 3.63) is 29.9 Å². The van der Waals surface area contributed by atoms with Gasteiger partial charge in [-0.2, -0.15) is 18.2 Å². The van der Waals surface area contributed by atoms with Crippen LogP contribution in [-0.4, -0.2) is 21.0 Å². The molecule has 2 heterocycles. The number of hydrogen-bond donors (Lipinski definition) is 1. The first kappa shape index (κ1) is 20.3. The van der Waals surface area contributed by atoms with Crippen LogP contribution in [0.2, 0.25) is 0 Å². The Morgan fingerprint density at radius 2 is 2.00 bits per heavy atom. The van der Waals surface area contributed by atoms with Crippen LogP contribution in [0, 0.1) is 11.3 Å². The van der Waals surface area contributed by atoms with Gasteiger partial charge in [0.2, 0.25) is 17.6 Å². The van der Waals surface area contributed by atoms with Gasteiger partial charge in [-0.3, -0.25) is 9.78 Å². The van der Waals surface area contributed by atoms with Gasteiger partial charge in [-0.1, -0.05) is 19.0 Å². The first-order valence-electron chi connectivity index (χ1n) is 9.23. The Morgan fingerprint density at radius 3 is 2.64 bits per heavy atom. The fourth-order valence-corrected chi connectivity index (χ4v) is 3.31. The van der Waals surface area contributed by atoms with E-state index in [1.807, 2.05) is 0 Å². The summed E-state index contributed by atoms with van der Waals surface area (Å²) < 4.78 is 43.6. The van der Waals surface area contributed by atoms with Gasteiger partial charge in [-0.25, -0.2) is 0 Å². The van der Waals surface area contributed by atoms with E-state index < -0.39 is 17.9 Å². The molecule has 1 amide bonds. The molecule has 6 nitrogen and oxygen atoms in total. The molecule has 1 saturated carbocycles. The largest absolute Gasteiger partial charge is 0.433 e. The van der Waals surface area contributed by atoms with Gasteiger partial charge in [-0.15, -0.1) is 0 Å². The van der Waals surface area contributed by atoms with Crippen LogP contribution in [0.3, 0.4) is 0 Å². The average Bonchev–Trinajstić information content (AvgIpc) is 3.11. The van der Waals surface area contributed by atoms with Crippen molar-refractivity contribution >= 4 is 5.91 Å². The van der Waals surface area contributed by atoms with Gasteiger partial charge in [0.15, 0.2) is 0 Å². The second-order valence-electron chi connectivity index (χ2n) is 8.05. The summed E-state index contributed by atoms with van der Waals surface area (Å²) in [5, 5.41) is 6.60. The van der Waals surface area contributed by atoms with Gasteiger partial charge in [0.05, 0.1) is 0 Å². The standard InChI is InChI=1S/C19H23F3N4O2/c1-11(24-16(27)12-4-7-18(2,3)8-5-12)17-25-15(26-28-17)13-6-9-23-14(10-13)19(20,21)22/h6,9-12H,4-5,7-8H2,1-3H3,(H,24,27)/t11-/m0/s1. The molecule has 0 bridgehead atoms. The fraction of sp³-hybridized carbons (Fsp3) is 0.579. The molecule has 1 aliphatic rings. The Bertz CT molecular complexity index is 838. The number of carbonyl (C=O) groups is 1. The normalized spacial score (nSPS) is 18.6. The molecule has 2 aromatic rings. The summed E-state index contributed by atoms with van der Waals surface area (Å²) in [6, 6.07) is 1.70. The predicted octanol–water partition coefficient (Wildman–Crippen LogP) is 4.54. The Morgan fingerprint density at radius 1 is 1.32 bits per heavy atom. The number of halogens is 3. The zero-order chi connectivity index (χ0) is 20.5. The van der Waals surface area contributed by atoms with E-state index in [-0.39, 0.29) is 34.5 Å². The minimum absolute atomic E-state index is 0.0171. The number of nitrogens with zero attached hydrogens (tertiary/aromatic N) is 3. The molecule has 152 valence electrons. The number of rotatable bonds is 4. The Labute approximate surface area is 160 Å². The van der Waals surface area contributed by atoms with E-state index in [9.17, 15) is 18.0 Å². The van der Waals surface area contributed by atoms with Gasteiger partial charge < -0.3 is 9.84 Å². The first-order valence-corrected chi connectivity index (χ1v) is 9.23. The lowest BCUT2D eigenvalue weighted by Gasteiger charge is -2.33. The molecule has 9 heteroatoms. The van der Waals surface area contributed by atoms with E-state index in [4.69, 9.17) is 4.52 Å². The van der Waals surface area contributed by atoms with Crippen LogP contribution < -0.4 is 5.32 Å². The number of nitrogens with one attached hydrogen (secondary N) is 1. The summed E-state index contributed by atoms with van der Waals surface area (Å²) >= 11 is 0. The molecule has 28 heavy (non-hydrogen) atoms. The maximum atomic E-state index is 12.8. The Hall–Kier alpha value is -2.45. The maximum absolute atomic E-state index is 12.8. The smallest absolute Gasteiger partial charge is 0.344 e. The van der Waals surface area contributed by atoms with E-state index in [1.165, 1.54) is 6.07 Å². The molecule has 1 fully saturated rings. The first-order chi connectivity index (χ1) is 13.0. The van der Waals surface area contributed by atoms with Crippen LogP contribution in [0.1, 0.15) is 64.1 Å². The van der Waals surface area contributed by atoms with Crippen molar-refractivity contribution in [2.24, 2.45) is 11.3 Å². The number of aromatic nitrogens is 3. The van der Waals surface area contributed by atoms with Crippen molar-refractivity contribution in [3.8, 4) is 11.4 Å². The molecule has 0 aromatic carbocycles. The molecule has 0 aliphatic heterocycles. The quantitative estimate of drug-likeness (QED) is 0.820. The molecule has 0 radical (unpaired) electrons. The van der Waals surface area contributed by atoms with Crippen molar-refractivity contribution in [1.82, 2.24) is 20.4 Å². The summed E-state index contributed by atoms with van der Waals surface area (Å²) in [7, 11) is 0. The topological polar surface area (TPSA) is 80.9 Å². The molecular formula is C19H23F3N4O2. The van der Waals surface area contributed by atoms with E-state index in [1.54, 1.807) is 6.92 Å². The molecular weight excluding hydrogens is 373 g/mol. The van der Waals surface area contributed by atoms with Crippen LogP contribution in [-0.2, 0) is 11.0 Å².